The van der Waals surface area contributed by atoms with Crippen LogP contribution in [0, 0.1) is 0 Å². The summed E-state index contributed by atoms with van der Waals surface area (Å²) in [5, 5.41) is 0. The summed E-state index contributed by atoms with van der Waals surface area (Å²) < 4.78 is 34.3. The largest absolute Gasteiger partial charge is 0.472 e. The van der Waals surface area contributed by atoms with Crippen LogP contribution in [0.15, 0.2) is 12.2 Å². The van der Waals surface area contributed by atoms with Gasteiger partial charge in [-0.05, 0) is 38.5 Å². The second-order valence-electron chi connectivity index (χ2n) is 16.1. The fourth-order valence-corrected chi connectivity index (χ4v) is 6.81. The number of phosphoric acid groups is 1. The number of unbranched alkanes of at least 4 members (excludes halogenated alkanes) is 24. The van der Waals surface area contributed by atoms with Gasteiger partial charge in [0, 0.05) is 12.8 Å². The highest BCUT2D eigenvalue weighted by molar-refractivity contribution is 7.47. The molecule has 0 saturated heterocycles. The van der Waals surface area contributed by atoms with Gasteiger partial charge >= 0.3 is 19.8 Å². The Bertz CT molecular complexity index is 922. The summed E-state index contributed by atoms with van der Waals surface area (Å²) >= 11 is 0. The van der Waals surface area contributed by atoms with Crippen LogP contribution in [0.25, 0.3) is 0 Å². The first-order valence-corrected chi connectivity index (χ1v) is 23.4. The normalized spacial score (nSPS) is 13.7. The van der Waals surface area contributed by atoms with Crippen molar-refractivity contribution in [2.45, 2.75) is 206 Å². The number of esters is 2. The predicted octanol–water partition coefficient (Wildman–Crippen LogP) is 12.2. The third-order valence-corrected chi connectivity index (χ3v) is 10.5. The van der Waals surface area contributed by atoms with Crippen molar-refractivity contribution in [2.75, 3.05) is 47.5 Å². The smallest absolute Gasteiger partial charge is 0.462 e. The second-order valence-corrected chi connectivity index (χ2v) is 17.5. The quantitative estimate of drug-likeness (QED) is 0.0215. The number of hydrogen-bond donors (Lipinski definition) is 1. The highest BCUT2D eigenvalue weighted by Crippen LogP contribution is 2.43. The van der Waals surface area contributed by atoms with E-state index in [2.05, 4.69) is 26.0 Å². The molecule has 0 aliphatic heterocycles. The third kappa shape index (κ3) is 40.2. The molecule has 10 heteroatoms. The maximum atomic E-state index is 12.7. The van der Waals surface area contributed by atoms with Crippen molar-refractivity contribution >= 4 is 19.8 Å². The molecule has 0 amide bonds. The number of quaternary nitrogens is 1. The topological polar surface area (TPSA) is 108 Å². The lowest BCUT2D eigenvalue weighted by Gasteiger charge is -2.24. The SMILES string of the molecule is CCCCCCCCCC/C=C/CCCCCC(=O)OC[C@H](COP(=O)(O)OCC[N+](C)(C)C)OC(=O)CCCCCCCCCCCCCCCC. The average molecular weight is 775 g/mol. The molecule has 0 bridgehead atoms. The maximum absolute atomic E-state index is 12.7. The van der Waals surface area contributed by atoms with Crippen LogP contribution in [0.1, 0.15) is 200 Å². The lowest BCUT2D eigenvalue weighted by molar-refractivity contribution is -0.870. The van der Waals surface area contributed by atoms with Gasteiger partial charge in [0.2, 0.25) is 0 Å². The Morgan fingerprint density at radius 3 is 1.42 bits per heavy atom. The molecule has 0 aromatic carbocycles. The minimum atomic E-state index is -4.37. The van der Waals surface area contributed by atoms with Crippen molar-refractivity contribution < 1.29 is 42.1 Å². The first kappa shape index (κ1) is 51.8. The molecule has 0 aromatic heterocycles. The molecular formula is C43H85NO8P+. The lowest BCUT2D eigenvalue weighted by Crippen LogP contribution is -2.37. The van der Waals surface area contributed by atoms with E-state index in [-0.39, 0.29) is 32.0 Å². The van der Waals surface area contributed by atoms with Crippen LogP contribution in [0.3, 0.4) is 0 Å². The summed E-state index contributed by atoms with van der Waals surface area (Å²) in [6, 6.07) is 0. The lowest BCUT2D eigenvalue weighted by atomic mass is 10.0. The van der Waals surface area contributed by atoms with Crippen molar-refractivity contribution in [3.8, 4) is 0 Å². The monoisotopic (exact) mass is 775 g/mol. The first-order valence-electron chi connectivity index (χ1n) is 21.9. The second kappa shape index (κ2) is 36.4. The summed E-state index contributed by atoms with van der Waals surface area (Å²) in [5.41, 5.74) is 0. The molecule has 0 aliphatic carbocycles. The third-order valence-electron chi connectivity index (χ3n) is 9.55. The summed E-state index contributed by atoms with van der Waals surface area (Å²) in [6.07, 6.45) is 36.8. The van der Waals surface area contributed by atoms with Gasteiger partial charge in [0.25, 0.3) is 0 Å². The molecule has 9 nitrogen and oxygen atoms in total. The van der Waals surface area contributed by atoms with Crippen molar-refractivity contribution in [3.63, 3.8) is 0 Å². The summed E-state index contributed by atoms with van der Waals surface area (Å²) in [7, 11) is 1.48. The van der Waals surface area contributed by atoms with Crippen LogP contribution in [0.4, 0.5) is 0 Å². The van der Waals surface area contributed by atoms with Crippen molar-refractivity contribution in [3.05, 3.63) is 12.2 Å². The number of hydrogen-bond acceptors (Lipinski definition) is 7. The van der Waals surface area contributed by atoms with E-state index in [0.29, 0.717) is 17.4 Å². The van der Waals surface area contributed by atoms with Crippen LogP contribution < -0.4 is 0 Å². The van der Waals surface area contributed by atoms with Gasteiger partial charge in [0.05, 0.1) is 27.7 Å². The molecule has 0 fully saturated rings. The first-order chi connectivity index (χ1) is 25.5. The van der Waals surface area contributed by atoms with Crippen molar-refractivity contribution in [2.24, 2.45) is 0 Å². The van der Waals surface area contributed by atoms with Gasteiger partial charge in [0.15, 0.2) is 6.10 Å². The molecule has 0 rings (SSSR count). The van der Waals surface area contributed by atoms with E-state index in [1.807, 2.05) is 21.1 Å². The van der Waals surface area contributed by atoms with Crippen LogP contribution >= 0.6 is 7.82 Å². The zero-order valence-corrected chi connectivity index (χ0v) is 36.2. The molecule has 0 spiro atoms. The zero-order chi connectivity index (χ0) is 39.3. The Labute approximate surface area is 326 Å². The van der Waals surface area contributed by atoms with E-state index < -0.39 is 26.5 Å². The van der Waals surface area contributed by atoms with E-state index in [9.17, 15) is 19.0 Å². The van der Waals surface area contributed by atoms with Crippen LogP contribution in [-0.4, -0.2) is 74.9 Å². The van der Waals surface area contributed by atoms with Gasteiger partial charge in [-0.3, -0.25) is 18.6 Å². The van der Waals surface area contributed by atoms with Crippen LogP contribution in [-0.2, 0) is 32.7 Å². The Balaban J connectivity index is 4.36. The molecule has 314 valence electrons. The van der Waals surface area contributed by atoms with Crippen LogP contribution in [0.5, 0.6) is 0 Å². The minimum Gasteiger partial charge on any atom is -0.462 e. The van der Waals surface area contributed by atoms with Crippen molar-refractivity contribution in [1.29, 1.82) is 0 Å². The standard InChI is InChI=1S/C43H84NO8P/c1-6-8-10-12-14-16-18-20-22-24-25-27-29-31-33-35-42(45)49-39-41(40-51-53(47,48)50-38-37-44(3,4)5)52-43(46)36-34-32-30-28-26-23-21-19-17-15-13-11-9-7-2/h24-25,41H,6-23,26-40H2,1-5H3/p+1/b25-24+/t41-/m1/s1. The Morgan fingerprint density at radius 1 is 0.566 bits per heavy atom. The number of allylic oxidation sites excluding steroid dienone is 2. The van der Waals surface area contributed by atoms with Gasteiger partial charge in [-0.15, -0.1) is 0 Å². The Hall–Kier alpha value is -1.25. The maximum Gasteiger partial charge on any atom is 0.472 e. The molecule has 0 radical (unpaired) electrons. The molecule has 0 aliphatic rings. The molecule has 0 aromatic rings. The van der Waals surface area contributed by atoms with Gasteiger partial charge in [0.1, 0.15) is 19.8 Å². The fourth-order valence-electron chi connectivity index (χ4n) is 6.07. The summed E-state index contributed by atoms with van der Waals surface area (Å²) in [6.45, 7) is 4.42. The van der Waals surface area contributed by atoms with Gasteiger partial charge in [-0.2, -0.15) is 0 Å². The number of likely N-dealkylation sites (N-methyl/N-ethyl adjacent to an activating group) is 1. The zero-order valence-electron chi connectivity index (χ0n) is 35.3. The van der Waals surface area contributed by atoms with Gasteiger partial charge < -0.3 is 18.9 Å². The molecule has 2 atom stereocenters. The summed E-state index contributed by atoms with van der Waals surface area (Å²) in [5.74, 6) is -0.808. The van der Waals surface area contributed by atoms with E-state index in [1.54, 1.807) is 0 Å². The Kier molecular flexibility index (Phi) is 35.5. The summed E-state index contributed by atoms with van der Waals surface area (Å²) in [4.78, 5) is 35.3. The number of rotatable bonds is 40. The average Bonchev–Trinajstić information content (AvgIpc) is 3.10. The highest BCUT2D eigenvalue weighted by atomic mass is 31.2. The van der Waals surface area contributed by atoms with Gasteiger partial charge in [-0.1, -0.05) is 161 Å². The fraction of sp³-hybridized carbons (Fsp3) is 0.907. The number of nitrogens with zero attached hydrogens (tertiary/aromatic N) is 1. The number of ether oxygens (including phenoxy) is 2. The highest BCUT2D eigenvalue weighted by Gasteiger charge is 2.27. The molecule has 0 heterocycles. The minimum absolute atomic E-state index is 0.0326. The molecule has 1 unspecified atom stereocenters. The van der Waals surface area contributed by atoms with E-state index >= 15 is 0 Å². The van der Waals surface area contributed by atoms with Crippen LogP contribution in [0.2, 0.25) is 0 Å². The Morgan fingerprint density at radius 2 is 0.962 bits per heavy atom. The molecule has 1 N–H and O–H groups in total. The molecular weight excluding hydrogens is 689 g/mol. The molecule has 0 saturated carbocycles. The molecule has 53 heavy (non-hydrogen) atoms. The van der Waals surface area contributed by atoms with E-state index in [1.165, 1.54) is 122 Å². The van der Waals surface area contributed by atoms with E-state index in [0.717, 1.165) is 44.9 Å². The number of carbonyl (C=O) groups is 2. The number of carbonyl (C=O) groups excluding carboxylic acids is 2. The van der Waals surface area contributed by atoms with Crippen molar-refractivity contribution in [1.82, 2.24) is 0 Å². The number of phosphoric ester groups is 1. The van der Waals surface area contributed by atoms with E-state index in [4.69, 9.17) is 18.5 Å². The van der Waals surface area contributed by atoms with Gasteiger partial charge in [-0.25, -0.2) is 4.57 Å². The predicted molar refractivity (Wildman–Crippen MR) is 220 cm³/mol.